The third-order valence-electron chi connectivity index (χ3n) is 6.36. The van der Waals surface area contributed by atoms with Crippen molar-refractivity contribution in [2.45, 2.75) is 57.5 Å². The van der Waals surface area contributed by atoms with E-state index in [2.05, 4.69) is 55.1 Å². The molecule has 1 heterocycles. The number of benzene rings is 2. The van der Waals surface area contributed by atoms with Crippen molar-refractivity contribution < 1.29 is 14.6 Å². The molecule has 1 aliphatic heterocycles. The molecular weight excluding hydrogens is 422 g/mol. The summed E-state index contributed by atoms with van der Waals surface area (Å²) in [5.74, 6) is 0.865. The van der Waals surface area contributed by atoms with Crippen molar-refractivity contribution in [1.29, 1.82) is 0 Å². The van der Waals surface area contributed by atoms with Crippen LogP contribution in [0.2, 0.25) is 0 Å². The van der Waals surface area contributed by atoms with E-state index in [1.807, 2.05) is 18.2 Å². The maximum Gasteiger partial charge on any atom is 0.119 e. The third kappa shape index (κ3) is 7.21. The number of unbranched alkanes of at least 4 members (excludes halogenated alkanes) is 2. The second-order valence-electron chi connectivity index (χ2n) is 8.63. The van der Waals surface area contributed by atoms with Crippen LogP contribution in [0.25, 0.3) is 0 Å². The Balaban J connectivity index is 0.00000363. The number of hydrogen-bond donors (Lipinski definition) is 1. The molecule has 2 aromatic rings. The van der Waals surface area contributed by atoms with Gasteiger partial charge in [-0.15, -0.1) is 12.4 Å². The van der Waals surface area contributed by atoms with Gasteiger partial charge in [-0.3, -0.25) is 4.90 Å². The SMILES string of the molecule is CCCCOc1ccc(C(O)(CCCC)C(CN2CCOCC2)c2ccccc2)cc1.Cl. The van der Waals surface area contributed by atoms with E-state index in [0.717, 1.165) is 82.9 Å². The van der Waals surface area contributed by atoms with Crippen LogP contribution >= 0.6 is 12.4 Å². The molecule has 178 valence electrons. The zero-order valence-electron chi connectivity index (χ0n) is 19.7. The number of rotatable bonds is 12. The van der Waals surface area contributed by atoms with Gasteiger partial charge in [-0.2, -0.15) is 0 Å². The molecule has 1 N–H and O–H groups in total. The molecule has 5 heteroatoms. The Morgan fingerprint density at radius 1 is 0.969 bits per heavy atom. The van der Waals surface area contributed by atoms with Gasteiger partial charge in [-0.25, -0.2) is 0 Å². The Hall–Kier alpha value is -1.59. The molecule has 0 bridgehead atoms. The molecule has 0 radical (unpaired) electrons. The Morgan fingerprint density at radius 2 is 1.62 bits per heavy atom. The molecule has 2 atom stereocenters. The molecule has 0 saturated carbocycles. The van der Waals surface area contributed by atoms with Gasteiger partial charge in [-0.1, -0.05) is 75.6 Å². The van der Waals surface area contributed by atoms with Crippen molar-refractivity contribution in [3.8, 4) is 5.75 Å². The van der Waals surface area contributed by atoms with Gasteiger partial charge >= 0.3 is 0 Å². The highest BCUT2D eigenvalue weighted by Gasteiger charge is 2.40. The first kappa shape index (κ1) is 26.7. The molecule has 0 spiro atoms. The molecule has 1 aliphatic rings. The molecule has 1 saturated heterocycles. The third-order valence-corrected chi connectivity index (χ3v) is 6.36. The first-order chi connectivity index (χ1) is 15.2. The summed E-state index contributed by atoms with van der Waals surface area (Å²) in [5, 5.41) is 12.3. The van der Waals surface area contributed by atoms with Crippen LogP contribution in [0.15, 0.2) is 54.6 Å². The van der Waals surface area contributed by atoms with Gasteiger partial charge in [0.25, 0.3) is 0 Å². The van der Waals surface area contributed by atoms with E-state index in [1.165, 1.54) is 5.56 Å². The lowest BCUT2D eigenvalue weighted by molar-refractivity contribution is -0.0294. The van der Waals surface area contributed by atoms with E-state index >= 15 is 0 Å². The molecule has 2 unspecified atom stereocenters. The highest BCUT2D eigenvalue weighted by molar-refractivity contribution is 5.85. The molecule has 0 aromatic heterocycles. The van der Waals surface area contributed by atoms with Gasteiger partial charge in [0.1, 0.15) is 5.75 Å². The minimum absolute atomic E-state index is 0. The number of morpholine rings is 1. The molecule has 32 heavy (non-hydrogen) atoms. The second-order valence-corrected chi connectivity index (χ2v) is 8.63. The lowest BCUT2D eigenvalue weighted by Crippen LogP contribution is -2.45. The molecule has 0 amide bonds. The van der Waals surface area contributed by atoms with Gasteiger partial charge in [-0.05, 0) is 36.1 Å². The summed E-state index contributed by atoms with van der Waals surface area (Å²) in [5.41, 5.74) is 1.24. The number of ether oxygens (including phenoxy) is 2. The smallest absolute Gasteiger partial charge is 0.119 e. The summed E-state index contributed by atoms with van der Waals surface area (Å²) >= 11 is 0. The van der Waals surface area contributed by atoms with Crippen molar-refractivity contribution >= 4 is 12.4 Å². The van der Waals surface area contributed by atoms with Crippen LogP contribution in [0.3, 0.4) is 0 Å². The molecule has 1 fully saturated rings. The van der Waals surface area contributed by atoms with Gasteiger partial charge < -0.3 is 14.6 Å². The monoisotopic (exact) mass is 461 g/mol. The van der Waals surface area contributed by atoms with Crippen LogP contribution in [0.5, 0.6) is 5.75 Å². The van der Waals surface area contributed by atoms with E-state index in [4.69, 9.17) is 9.47 Å². The Bertz CT molecular complexity index is 749. The highest BCUT2D eigenvalue weighted by Crippen LogP contribution is 2.42. The molecule has 4 nitrogen and oxygen atoms in total. The van der Waals surface area contributed by atoms with Crippen molar-refractivity contribution in [1.82, 2.24) is 4.90 Å². The fraction of sp³-hybridized carbons (Fsp3) is 0.556. The summed E-state index contributed by atoms with van der Waals surface area (Å²) in [7, 11) is 0. The fourth-order valence-electron chi connectivity index (χ4n) is 4.40. The van der Waals surface area contributed by atoms with Crippen molar-refractivity contribution in [3.05, 3.63) is 65.7 Å². The van der Waals surface area contributed by atoms with Crippen LogP contribution in [-0.4, -0.2) is 49.5 Å². The second kappa shape index (κ2) is 13.8. The number of halogens is 1. The van der Waals surface area contributed by atoms with Gasteiger partial charge in [0.2, 0.25) is 0 Å². The fourth-order valence-corrected chi connectivity index (χ4v) is 4.40. The minimum Gasteiger partial charge on any atom is -0.494 e. The lowest BCUT2D eigenvalue weighted by Gasteiger charge is -2.41. The predicted molar refractivity (Wildman–Crippen MR) is 134 cm³/mol. The molecule has 0 aliphatic carbocycles. The van der Waals surface area contributed by atoms with Crippen LogP contribution in [0.4, 0.5) is 0 Å². The number of nitrogens with zero attached hydrogens (tertiary/aromatic N) is 1. The van der Waals surface area contributed by atoms with Crippen molar-refractivity contribution in [2.75, 3.05) is 39.5 Å². The van der Waals surface area contributed by atoms with Gasteiger partial charge in [0, 0.05) is 25.6 Å². The van der Waals surface area contributed by atoms with Crippen molar-refractivity contribution in [2.24, 2.45) is 0 Å². The number of hydrogen-bond acceptors (Lipinski definition) is 4. The average molecular weight is 462 g/mol. The normalized spacial score (nSPS) is 17.2. The van der Waals surface area contributed by atoms with Gasteiger partial charge in [0.15, 0.2) is 0 Å². The van der Waals surface area contributed by atoms with E-state index in [1.54, 1.807) is 0 Å². The van der Waals surface area contributed by atoms with Gasteiger partial charge in [0.05, 0.1) is 25.4 Å². The average Bonchev–Trinajstić information content (AvgIpc) is 2.83. The number of aliphatic hydroxyl groups is 1. The Kier molecular flexibility index (Phi) is 11.5. The van der Waals surface area contributed by atoms with E-state index < -0.39 is 5.60 Å². The van der Waals surface area contributed by atoms with Crippen LogP contribution in [0, 0.1) is 0 Å². The summed E-state index contributed by atoms with van der Waals surface area (Å²) in [6.07, 6.45) is 4.95. The summed E-state index contributed by atoms with van der Waals surface area (Å²) < 4.78 is 11.4. The largest absolute Gasteiger partial charge is 0.494 e. The zero-order valence-corrected chi connectivity index (χ0v) is 20.5. The summed E-state index contributed by atoms with van der Waals surface area (Å²) in [6, 6.07) is 18.7. The standard InChI is InChI=1S/C27H39NO3.ClH/c1-3-5-16-27(29,24-12-14-25(15-13-24)31-19-6-4-2)26(23-10-8-7-9-11-23)22-28-17-20-30-21-18-28;/h7-15,26,29H,3-6,16-22H2,1-2H3;1H. The Morgan fingerprint density at radius 3 is 2.25 bits per heavy atom. The lowest BCUT2D eigenvalue weighted by atomic mass is 9.74. The van der Waals surface area contributed by atoms with Crippen LogP contribution in [-0.2, 0) is 10.3 Å². The first-order valence-electron chi connectivity index (χ1n) is 12.0. The minimum atomic E-state index is -0.933. The summed E-state index contributed by atoms with van der Waals surface area (Å²) in [4.78, 5) is 2.43. The molecule has 3 rings (SSSR count). The van der Waals surface area contributed by atoms with E-state index in [9.17, 15) is 5.11 Å². The van der Waals surface area contributed by atoms with Crippen LogP contribution in [0.1, 0.15) is 63.0 Å². The molecule has 2 aromatic carbocycles. The quantitative estimate of drug-likeness (QED) is 0.407. The van der Waals surface area contributed by atoms with Crippen LogP contribution < -0.4 is 4.74 Å². The Labute approximate surface area is 200 Å². The summed E-state index contributed by atoms with van der Waals surface area (Å²) in [6.45, 7) is 9.26. The predicted octanol–water partition coefficient (Wildman–Crippen LogP) is 5.78. The van der Waals surface area contributed by atoms with E-state index in [-0.39, 0.29) is 18.3 Å². The topological polar surface area (TPSA) is 41.9 Å². The zero-order chi connectivity index (χ0) is 21.9. The highest BCUT2D eigenvalue weighted by atomic mass is 35.5. The molecular formula is C27H40ClNO3. The maximum atomic E-state index is 12.3. The maximum absolute atomic E-state index is 12.3. The first-order valence-corrected chi connectivity index (χ1v) is 12.0. The van der Waals surface area contributed by atoms with E-state index in [0.29, 0.717) is 0 Å². The van der Waals surface area contributed by atoms with Crippen molar-refractivity contribution in [3.63, 3.8) is 0 Å².